The first kappa shape index (κ1) is 19.1. The highest BCUT2D eigenvalue weighted by Crippen LogP contribution is 2.32. The fourth-order valence-corrected chi connectivity index (χ4v) is 3.61. The van der Waals surface area contributed by atoms with Gasteiger partial charge in [0, 0.05) is 13.1 Å². The SMILES string of the molecule is Cc1ccc(OCc2ccc(-c3nc(C#N)c(N4CCC[C@@H](C)C4)o3)o2)cc1C. The second kappa shape index (κ2) is 8.04. The molecule has 0 spiro atoms. The van der Waals surface area contributed by atoms with Gasteiger partial charge in [0.1, 0.15) is 24.2 Å². The lowest BCUT2D eigenvalue weighted by atomic mass is 10.0. The van der Waals surface area contributed by atoms with Crippen molar-refractivity contribution in [2.45, 2.75) is 40.2 Å². The fourth-order valence-electron chi connectivity index (χ4n) is 3.61. The van der Waals surface area contributed by atoms with Crippen molar-refractivity contribution in [3.8, 4) is 23.5 Å². The van der Waals surface area contributed by atoms with E-state index in [1.807, 2.05) is 24.3 Å². The summed E-state index contributed by atoms with van der Waals surface area (Å²) in [6.45, 7) is 8.40. The third-order valence-electron chi connectivity index (χ3n) is 5.39. The van der Waals surface area contributed by atoms with Gasteiger partial charge < -0.3 is 18.5 Å². The van der Waals surface area contributed by atoms with Crippen molar-refractivity contribution in [2.24, 2.45) is 5.92 Å². The smallest absolute Gasteiger partial charge is 0.266 e. The van der Waals surface area contributed by atoms with Crippen LogP contribution in [0.5, 0.6) is 5.75 Å². The van der Waals surface area contributed by atoms with Crippen molar-refractivity contribution in [2.75, 3.05) is 18.0 Å². The van der Waals surface area contributed by atoms with Crippen LogP contribution in [0.3, 0.4) is 0 Å². The Balaban J connectivity index is 1.49. The first-order valence-corrected chi connectivity index (χ1v) is 9.98. The minimum Gasteiger partial charge on any atom is -0.486 e. The van der Waals surface area contributed by atoms with E-state index in [4.69, 9.17) is 13.6 Å². The summed E-state index contributed by atoms with van der Waals surface area (Å²) in [6, 6.07) is 11.8. The Morgan fingerprint density at radius 2 is 2.07 bits per heavy atom. The van der Waals surface area contributed by atoms with E-state index in [1.54, 1.807) is 6.07 Å². The second-order valence-electron chi connectivity index (χ2n) is 7.78. The van der Waals surface area contributed by atoms with Gasteiger partial charge in [-0.2, -0.15) is 10.2 Å². The lowest BCUT2D eigenvalue weighted by Gasteiger charge is -2.30. The number of anilines is 1. The highest BCUT2D eigenvalue weighted by molar-refractivity contribution is 5.56. The Labute approximate surface area is 170 Å². The summed E-state index contributed by atoms with van der Waals surface area (Å²) in [5.41, 5.74) is 2.72. The molecule has 150 valence electrons. The third-order valence-corrected chi connectivity index (χ3v) is 5.39. The predicted molar refractivity (Wildman–Crippen MR) is 110 cm³/mol. The van der Waals surface area contributed by atoms with E-state index in [-0.39, 0.29) is 0 Å². The Morgan fingerprint density at radius 1 is 1.21 bits per heavy atom. The molecule has 0 amide bonds. The van der Waals surface area contributed by atoms with E-state index in [9.17, 15) is 5.26 Å². The summed E-state index contributed by atoms with van der Waals surface area (Å²) >= 11 is 0. The average molecular weight is 391 g/mol. The lowest BCUT2D eigenvalue weighted by Crippen LogP contribution is -2.34. The molecule has 0 unspecified atom stereocenters. The predicted octanol–water partition coefficient (Wildman–Crippen LogP) is 5.24. The largest absolute Gasteiger partial charge is 0.486 e. The highest BCUT2D eigenvalue weighted by Gasteiger charge is 2.25. The Bertz CT molecular complexity index is 1040. The number of rotatable bonds is 5. The van der Waals surface area contributed by atoms with Crippen LogP contribution in [0, 0.1) is 31.1 Å². The summed E-state index contributed by atoms with van der Waals surface area (Å²) in [5, 5.41) is 9.48. The summed E-state index contributed by atoms with van der Waals surface area (Å²) in [6.07, 6.45) is 2.28. The number of aryl methyl sites for hydroxylation is 2. The molecule has 1 aliphatic heterocycles. The molecule has 0 radical (unpaired) electrons. The summed E-state index contributed by atoms with van der Waals surface area (Å²) in [7, 11) is 0. The number of ether oxygens (including phenoxy) is 1. The highest BCUT2D eigenvalue weighted by atomic mass is 16.5. The zero-order valence-corrected chi connectivity index (χ0v) is 17.1. The van der Waals surface area contributed by atoms with E-state index < -0.39 is 0 Å². The van der Waals surface area contributed by atoms with Crippen LogP contribution in [0.15, 0.2) is 39.2 Å². The number of hydrogen-bond acceptors (Lipinski definition) is 6. The summed E-state index contributed by atoms with van der Waals surface area (Å²) < 4.78 is 17.6. The van der Waals surface area contributed by atoms with Crippen molar-refractivity contribution in [3.05, 3.63) is 52.9 Å². The molecule has 4 rings (SSSR count). The van der Waals surface area contributed by atoms with Crippen LogP contribution in [-0.4, -0.2) is 18.1 Å². The molecule has 0 aliphatic carbocycles. The number of furan rings is 1. The first-order chi connectivity index (χ1) is 14.0. The monoisotopic (exact) mass is 391 g/mol. The molecule has 3 aromatic rings. The van der Waals surface area contributed by atoms with E-state index in [0.29, 0.717) is 41.5 Å². The van der Waals surface area contributed by atoms with Gasteiger partial charge in [0.05, 0.1) is 0 Å². The van der Waals surface area contributed by atoms with Gasteiger partial charge in [0.2, 0.25) is 11.6 Å². The fraction of sp³-hybridized carbons (Fsp3) is 0.391. The molecular formula is C23H25N3O3. The summed E-state index contributed by atoms with van der Waals surface area (Å²) in [4.78, 5) is 6.46. The van der Waals surface area contributed by atoms with Gasteiger partial charge in [0.15, 0.2) is 5.76 Å². The molecule has 2 aromatic heterocycles. The molecular weight excluding hydrogens is 366 g/mol. The molecule has 1 aromatic carbocycles. The molecule has 0 N–H and O–H groups in total. The van der Waals surface area contributed by atoms with Crippen LogP contribution in [0.2, 0.25) is 0 Å². The molecule has 1 saturated heterocycles. The van der Waals surface area contributed by atoms with E-state index in [1.165, 1.54) is 17.5 Å². The zero-order chi connectivity index (χ0) is 20.4. The Hall–Kier alpha value is -3.20. The lowest BCUT2D eigenvalue weighted by molar-refractivity contribution is 0.271. The maximum atomic E-state index is 9.48. The number of oxazole rings is 1. The maximum Gasteiger partial charge on any atom is 0.266 e. The number of nitriles is 1. The Morgan fingerprint density at radius 3 is 2.83 bits per heavy atom. The standard InChI is InChI=1S/C23H25N3O3/c1-15-5-4-10-26(13-15)23-20(12-24)25-22(29-23)21-9-8-19(28-21)14-27-18-7-6-16(2)17(3)11-18/h6-9,11,15H,4-5,10,13-14H2,1-3H3/t15-/m1/s1. The molecule has 6 nitrogen and oxygen atoms in total. The first-order valence-electron chi connectivity index (χ1n) is 9.98. The van der Waals surface area contributed by atoms with Gasteiger partial charge >= 0.3 is 0 Å². The van der Waals surface area contributed by atoms with Crippen LogP contribution in [0.25, 0.3) is 11.7 Å². The van der Waals surface area contributed by atoms with Gasteiger partial charge in [0.25, 0.3) is 5.89 Å². The molecule has 1 aliphatic rings. The molecule has 6 heteroatoms. The minimum atomic E-state index is 0.304. The average Bonchev–Trinajstić information content (AvgIpc) is 3.35. The maximum absolute atomic E-state index is 9.48. The van der Waals surface area contributed by atoms with Gasteiger partial charge in [-0.05, 0) is 68.0 Å². The molecule has 0 saturated carbocycles. The number of nitrogens with zero attached hydrogens (tertiary/aromatic N) is 3. The van der Waals surface area contributed by atoms with Crippen LogP contribution in [0.4, 0.5) is 5.88 Å². The number of piperidine rings is 1. The van der Waals surface area contributed by atoms with Gasteiger partial charge in [-0.3, -0.25) is 0 Å². The van der Waals surface area contributed by atoms with E-state index >= 15 is 0 Å². The number of aromatic nitrogens is 1. The van der Waals surface area contributed by atoms with Crippen LogP contribution in [0.1, 0.15) is 42.3 Å². The summed E-state index contributed by atoms with van der Waals surface area (Å²) in [5.74, 6) is 3.40. The zero-order valence-electron chi connectivity index (χ0n) is 17.1. The van der Waals surface area contributed by atoms with Crippen molar-refractivity contribution in [3.63, 3.8) is 0 Å². The van der Waals surface area contributed by atoms with E-state index in [0.717, 1.165) is 25.3 Å². The topological polar surface area (TPSA) is 75.4 Å². The normalized spacial score (nSPS) is 16.6. The quantitative estimate of drug-likeness (QED) is 0.592. The van der Waals surface area contributed by atoms with Crippen molar-refractivity contribution in [1.82, 2.24) is 4.98 Å². The van der Waals surface area contributed by atoms with E-state index in [2.05, 4.69) is 36.7 Å². The molecule has 0 bridgehead atoms. The van der Waals surface area contributed by atoms with Gasteiger partial charge in [-0.15, -0.1) is 0 Å². The van der Waals surface area contributed by atoms with Crippen LogP contribution < -0.4 is 9.64 Å². The molecule has 3 heterocycles. The second-order valence-corrected chi connectivity index (χ2v) is 7.78. The van der Waals surface area contributed by atoms with Crippen LogP contribution >= 0.6 is 0 Å². The van der Waals surface area contributed by atoms with Crippen LogP contribution in [-0.2, 0) is 6.61 Å². The van der Waals surface area contributed by atoms with Crippen molar-refractivity contribution < 1.29 is 13.6 Å². The molecule has 1 fully saturated rings. The van der Waals surface area contributed by atoms with Gasteiger partial charge in [-0.25, -0.2) is 0 Å². The number of benzene rings is 1. The Kier molecular flexibility index (Phi) is 5.30. The number of hydrogen-bond donors (Lipinski definition) is 0. The van der Waals surface area contributed by atoms with Gasteiger partial charge in [-0.1, -0.05) is 13.0 Å². The van der Waals surface area contributed by atoms with Crippen molar-refractivity contribution >= 4 is 5.88 Å². The molecule has 29 heavy (non-hydrogen) atoms. The van der Waals surface area contributed by atoms with Crippen molar-refractivity contribution in [1.29, 1.82) is 5.26 Å². The molecule has 1 atom stereocenters. The minimum absolute atomic E-state index is 0.304. The third kappa shape index (κ3) is 4.14.